The van der Waals surface area contributed by atoms with Crippen LogP contribution in [0.2, 0.25) is 0 Å². The molecular weight excluding hydrogens is 341 g/mol. The quantitative estimate of drug-likeness (QED) is 0.720. The molecule has 0 unspecified atom stereocenters. The summed E-state index contributed by atoms with van der Waals surface area (Å²) in [5.41, 5.74) is 0.924. The SMILES string of the molecule is Ic1cc(-c2nc(-c3ncn[nH]3)no2)cs1. The summed E-state index contributed by atoms with van der Waals surface area (Å²) in [7, 11) is 0. The molecular formula is C8H4IN5OS. The molecule has 0 fully saturated rings. The summed E-state index contributed by atoms with van der Waals surface area (Å²) in [5, 5.41) is 12.2. The molecule has 0 amide bonds. The molecule has 1 N–H and O–H groups in total. The van der Waals surface area contributed by atoms with Crippen LogP contribution in [0, 0.1) is 2.88 Å². The van der Waals surface area contributed by atoms with Crippen molar-refractivity contribution < 1.29 is 4.52 Å². The van der Waals surface area contributed by atoms with Gasteiger partial charge in [-0.25, -0.2) is 4.98 Å². The molecule has 0 saturated heterocycles. The molecule has 0 radical (unpaired) electrons. The van der Waals surface area contributed by atoms with Gasteiger partial charge >= 0.3 is 0 Å². The molecule has 16 heavy (non-hydrogen) atoms. The fourth-order valence-electron chi connectivity index (χ4n) is 1.17. The third kappa shape index (κ3) is 1.73. The van der Waals surface area contributed by atoms with Crippen LogP contribution in [0.25, 0.3) is 23.1 Å². The van der Waals surface area contributed by atoms with Crippen LogP contribution in [0.3, 0.4) is 0 Å². The van der Waals surface area contributed by atoms with E-state index >= 15 is 0 Å². The summed E-state index contributed by atoms with van der Waals surface area (Å²) < 4.78 is 6.32. The van der Waals surface area contributed by atoms with Crippen LogP contribution in [0.1, 0.15) is 0 Å². The van der Waals surface area contributed by atoms with Gasteiger partial charge in [0.25, 0.3) is 5.89 Å². The predicted octanol–water partition coefficient (Wildman–Crippen LogP) is 2.19. The minimum absolute atomic E-state index is 0.411. The van der Waals surface area contributed by atoms with Crippen molar-refractivity contribution >= 4 is 33.9 Å². The molecule has 0 aliphatic carbocycles. The van der Waals surface area contributed by atoms with Crippen LogP contribution < -0.4 is 0 Å². The smallest absolute Gasteiger partial charge is 0.259 e. The van der Waals surface area contributed by atoms with Gasteiger partial charge in [-0.15, -0.1) is 11.3 Å². The molecule has 0 aliphatic heterocycles. The summed E-state index contributed by atoms with van der Waals surface area (Å²) in [6.07, 6.45) is 1.40. The lowest BCUT2D eigenvalue weighted by Gasteiger charge is -1.83. The molecule has 0 spiro atoms. The van der Waals surface area contributed by atoms with Crippen molar-refractivity contribution in [2.75, 3.05) is 0 Å². The lowest BCUT2D eigenvalue weighted by atomic mass is 10.3. The molecule has 3 aromatic heterocycles. The summed E-state index contributed by atoms with van der Waals surface area (Å²) >= 11 is 3.87. The van der Waals surface area contributed by atoms with Crippen molar-refractivity contribution in [3.63, 3.8) is 0 Å². The van der Waals surface area contributed by atoms with Crippen LogP contribution in [-0.4, -0.2) is 25.3 Å². The lowest BCUT2D eigenvalue weighted by molar-refractivity contribution is 0.432. The highest BCUT2D eigenvalue weighted by Gasteiger charge is 2.13. The fraction of sp³-hybridized carbons (Fsp3) is 0. The number of nitrogens with one attached hydrogen (secondary N) is 1. The van der Waals surface area contributed by atoms with Gasteiger partial charge in [-0.2, -0.15) is 10.1 Å². The first-order chi connectivity index (χ1) is 7.83. The molecule has 0 aromatic carbocycles. The Morgan fingerprint density at radius 2 is 2.38 bits per heavy atom. The zero-order chi connectivity index (χ0) is 11.0. The Kier molecular flexibility index (Phi) is 2.44. The zero-order valence-corrected chi connectivity index (χ0v) is 10.7. The van der Waals surface area contributed by atoms with Gasteiger partial charge in [0.15, 0.2) is 5.82 Å². The second-order valence-electron chi connectivity index (χ2n) is 2.90. The van der Waals surface area contributed by atoms with E-state index in [0.29, 0.717) is 17.5 Å². The molecule has 0 aliphatic rings. The van der Waals surface area contributed by atoms with E-state index in [2.05, 4.69) is 47.9 Å². The van der Waals surface area contributed by atoms with Gasteiger partial charge in [0.1, 0.15) is 6.33 Å². The second kappa shape index (κ2) is 3.94. The van der Waals surface area contributed by atoms with E-state index < -0.39 is 0 Å². The van der Waals surface area contributed by atoms with Gasteiger partial charge in [-0.05, 0) is 28.7 Å². The molecule has 80 valence electrons. The van der Waals surface area contributed by atoms with E-state index in [4.69, 9.17) is 4.52 Å². The Morgan fingerprint density at radius 1 is 1.44 bits per heavy atom. The van der Waals surface area contributed by atoms with E-state index in [1.54, 1.807) is 11.3 Å². The van der Waals surface area contributed by atoms with Gasteiger partial charge in [0.05, 0.1) is 8.45 Å². The number of rotatable bonds is 2. The Morgan fingerprint density at radius 3 is 3.06 bits per heavy atom. The number of aromatic amines is 1. The standard InChI is InChI=1S/C8H4IN5OS/c9-5-1-4(2-16-5)8-12-7(14-15-8)6-10-3-11-13-6/h1-3H,(H,10,11,13). The predicted molar refractivity (Wildman–Crippen MR) is 65.7 cm³/mol. The van der Waals surface area contributed by atoms with Gasteiger partial charge in [-0.1, -0.05) is 5.16 Å². The molecule has 3 heterocycles. The van der Waals surface area contributed by atoms with Gasteiger partial charge < -0.3 is 4.52 Å². The summed E-state index contributed by atoms with van der Waals surface area (Å²) in [4.78, 5) is 8.18. The number of H-pyrrole nitrogens is 1. The number of hydrogen-bond donors (Lipinski definition) is 1. The number of hydrogen-bond acceptors (Lipinski definition) is 6. The van der Waals surface area contributed by atoms with Crippen LogP contribution in [0.4, 0.5) is 0 Å². The van der Waals surface area contributed by atoms with Crippen molar-refractivity contribution in [2.24, 2.45) is 0 Å². The van der Waals surface area contributed by atoms with Crippen molar-refractivity contribution in [1.82, 2.24) is 25.3 Å². The number of aromatic nitrogens is 5. The highest BCUT2D eigenvalue weighted by atomic mass is 127. The first-order valence-electron chi connectivity index (χ1n) is 4.27. The van der Waals surface area contributed by atoms with E-state index in [-0.39, 0.29) is 0 Å². The lowest BCUT2D eigenvalue weighted by Crippen LogP contribution is -1.82. The van der Waals surface area contributed by atoms with Gasteiger partial charge in [0.2, 0.25) is 5.82 Å². The van der Waals surface area contributed by atoms with Gasteiger partial charge in [-0.3, -0.25) is 5.10 Å². The maximum absolute atomic E-state index is 5.14. The molecule has 8 heteroatoms. The summed E-state index contributed by atoms with van der Waals surface area (Å²) in [5.74, 6) is 1.40. The van der Waals surface area contributed by atoms with E-state index in [1.165, 1.54) is 9.21 Å². The van der Waals surface area contributed by atoms with Crippen molar-refractivity contribution in [2.45, 2.75) is 0 Å². The average molecular weight is 345 g/mol. The molecule has 0 atom stereocenters. The van der Waals surface area contributed by atoms with Crippen LogP contribution in [-0.2, 0) is 0 Å². The van der Waals surface area contributed by atoms with E-state index in [1.807, 2.05) is 11.4 Å². The zero-order valence-electron chi connectivity index (χ0n) is 7.72. The second-order valence-corrected chi connectivity index (χ2v) is 5.70. The number of nitrogens with zero attached hydrogens (tertiary/aromatic N) is 4. The maximum atomic E-state index is 5.14. The van der Waals surface area contributed by atoms with Gasteiger partial charge in [0, 0.05) is 5.38 Å². The summed E-state index contributed by atoms with van der Waals surface area (Å²) in [6, 6.07) is 1.99. The molecule has 0 saturated carbocycles. The Labute approximate surface area is 107 Å². The molecule has 3 aromatic rings. The monoisotopic (exact) mass is 345 g/mol. The topological polar surface area (TPSA) is 80.5 Å². The fourth-order valence-corrected chi connectivity index (χ4v) is 2.49. The number of halogens is 1. The molecule has 3 rings (SSSR count). The first-order valence-corrected chi connectivity index (χ1v) is 6.22. The highest BCUT2D eigenvalue weighted by Crippen LogP contribution is 2.26. The average Bonchev–Trinajstić information content (AvgIpc) is 2.97. The Hall–Kier alpha value is -1.29. The third-order valence-corrected chi connectivity index (χ3v) is 3.66. The van der Waals surface area contributed by atoms with Crippen molar-refractivity contribution in [1.29, 1.82) is 0 Å². The maximum Gasteiger partial charge on any atom is 0.259 e. The van der Waals surface area contributed by atoms with E-state index in [0.717, 1.165) is 5.56 Å². The normalized spacial score (nSPS) is 10.8. The van der Waals surface area contributed by atoms with Crippen LogP contribution >= 0.6 is 33.9 Å². The first kappa shape index (κ1) is 9.90. The Bertz CT molecular complexity index is 602. The third-order valence-electron chi connectivity index (χ3n) is 1.87. The summed E-state index contributed by atoms with van der Waals surface area (Å²) in [6.45, 7) is 0. The highest BCUT2D eigenvalue weighted by molar-refractivity contribution is 14.1. The van der Waals surface area contributed by atoms with Crippen molar-refractivity contribution in [3.05, 3.63) is 20.7 Å². The van der Waals surface area contributed by atoms with Crippen LogP contribution in [0.15, 0.2) is 22.3 Å². The molecule has 6 nitrogen and oxygen atoms in total. The number of thiophene rings is 1. The largest absolute Gasteiger partial charge is 0.333 e. The minimum Gasteiger partial charge on any atom is -0.333 e. The van der Waals surface area contributed by atoms with Crippen LogP contribution in [0.5, 0.6) is 0 Å². The Balaban J connectivity index is 2.00. The van der Waals surface area contributed by atoms with E-state index in [9.17, 15) is 0 Å². The van der Waals surface area contributed by atoms with Crippen molar-refractivity contribution in [3.8, 4) is 23.1 Å². The molecule has 0 bridgehead atoms. The minimum atomic E-state index is 0.411.